The van der Waals surface area contributed by atoms with Crippen LogP contribution in [-0.4, -0.2) is 25.4 Å². The van der Waals surface area contributed by atoms with Crippen LogP contribution in [0.25, 0.3) is 0 Å². The number of carbonyl (C=O) groups is 2. The van der Waals surface area contributed by atoms with Crippen molar-refractivity contribution in [3.05, 3.63) is 24.3 Å². The minimum absolute atomic E-state index is 0.00410. The Balaban J connectivity index is 2.54. The lowest BCUT2D eigenvalue weighted by atomic mass is 10.1. The van der Waals surface area contributed by atoms with E-state index in [9.17, 15) is 9.59 Å². The van der Waals surface area contributed by atoms with E-state index in [1.54, 1.807) is 24.3 Å². The lowest BCUT2D eigenvalue weighted by molar-refractivity contribution is -0.119. The molecule has 5 heteroatoms. The average Bonchev–Trinajstić information content (AvgIpc) is 2.40. The van der Waals surface area contributed by atoms with Crippen molar-refractivity contribution in [2.24, 2.45) is 11.8 Å². The number of benzene rings is 1. The van der Waals surface area contributed by atoms with Crippen molar-refractivity contribution in [1.29, 1.82) is 0 Å². The second-order valence-corrected chi connectivity index (χ2v) is 5.67. The molecule has 0 aliphatic heterocycles. The van der Waals surface area contributed by atoms with Crippen LogP contribution >= 0.6 is 0 Å². The molecule has 1 aromatic carbocycles. The summed E-state index contributed by atoms with van der Waals surface area (Å²) in [6, 6.07) is 7.15. The molecule has 0 heterocycles. The number of hydrogen-bond donors (Lipinski definition) is 3. The van der Waals surface area contributed by atoms with Gasteiger partial charge >= 0.3 is 0 Å². The summed E-state index contributed by atoms with van der Waals surface area (Å²) in [5.74, 6) is 0.211. The van der Waals surface area contributed by atoms with Crippen LogP contribution < -0.4 is 16.0 Å². The number of nitrogens with one attached hydrogen (secondary N) is 3. The Bertz CT molecular complexity index is 469. The van der Waals surface area contributed by atoms with E-state index in [1.807, 2.05) is 27.8 Å². The maximum Gasteiger partial charge on any atom is 0.228 e. The Kier molecular flexibility index (Phi) is 6.88. The summed E-state index contributed by atoms with van der Waals surface area (Å²) in [6.45, 7) is 6.51. The third-order valence-electron chi connectivity index (χ3n) is 2.99. The minimum Gasteiger partial charge on any atom is -0.326 e. The first-order valence-electron chi connectivity index (χ1n) is 7.27. The van der Waals surface area contributed by atoms with Crippen LogP contribution in [0.2, 0.25) is 0 Å². The predicted molar refractivity (Wildman–Crippen MR) is 86.2 cm³/mol. The average molecular weight is 291 g/mol. The smallest absolute Gasteiger partial charge is 0.228 e. The van der Waals surface area contributed by atoms with Gasteiger partial charge in [-0.05, 0) is 37.2 Å². The van der Waals surface area contributed by atoms with Gasteiger partial charge in [0.05, 0.1) is 0 Å². The number of hydrogen-bond acceptors (Lipinski definition) is 3. The zero-order valence-corrected chi connectivity index (χ0v) is 13.2. The van der Waals surface area contributed by atoms with E-state index >= 15 is 0 Å². The lowest BCUT2D eigenvalue weighted by Crippen LogP contribution is -2.28. The highest BCUT2D eigenvalue weighted by Gasteiger charge is 2.12. The normalized spacial score (nSPS) is 12.0. The van der Waals surface area contributed by atoms with Gasteiger partial charge in [0.15, 0.2) is 0 Å². The summed E-state index contributed by atoms with van der Waals surface area (Å²) >= 11 is 0. The summed E-state index contributed by atoms with van der Waals surface area (Å²) in [5, 5.41) is 8.65. The van der Waals surface area contributed by atoms with Crippen LogP contribution in [0, 0.1) is 11.8 Å². The SMILES string of the molecule is CNCC(C)C(=O)Nc1ccc(NC(=O)CC(C)C)cc1. The Hall–Kier alpha value is -1.88. The maximum atomic E-state index is 11.9. The zero-order chi connectivity index (χ0) is 15.8. The van der Waals surface area contributed by atoms with Crippen molar-refractivity contribution >= 4 is 23.2 Å². The molecule has 0 aliphatic carbocycles. The number of carbonyl (C=O) groups excluding carboxylic acids is 2. The van der Waals surface area contributed by atoms with E-state index in [0.29, 0.717) is 18.9 Å². The van der Waals surface area contributed by atoms with Crippen molar-refractivity contribution in [3.63, 3.8) is 0 Å². The summed E-state index contributed by atoms with van der Waals surface area (Å²) in [6.07, 6.45) is 0.500. The first-order valence-corrected chi connectivity index (χ1v) is 7.27. The van der Waals surface area contributed by atoms with Crippen LogP contribution in [-0.2, 0) is 9.59 Å². The Morgan fingerprint density at radius 2 is 1.52 bits per heavy atom. The molecule has 0 aliphatic rings. The molecule has 1 rings (SSSR count). The van der Waals surface area contributed by atoms with Crippen LogP contribution in [0.1, 0.15) is 27.2 Å². The van der Waals surface area contributed by atoms with Crippen molar-refractivity contribution in [3.8, 4) is 0 Å². The van der Waals surface area contributed by atoms with Crippen LogP contribution in [0.4, 0.5) is 11.4 Å². The molecule has 21 heavy (non-hydrogen) atoms. The molecule has 0 bridgehead atoms. The lowest BCUT2D eigenvalue weighted by Gasteiger charge is -2.12. The first-order chi connectivity index (χ1) is 9.92. The van der Waals surface area contributed by atoms with Gasteiger partial charge in [-0.1, -0.05) is 20.8 Å². The number of anilines is 2. The van der Waals surface area contributed by atoms with Crippen LogP contribution in [0.3, 0.4) is 0 Å². The molecule has 0 saturated heterocycles. The third kappa shape index (κ3) is 6.40. The van der Waals surface area contributed by atoms with E-state index in [-0.39, 0.29) is 17.7 Å². The third-order valence-corrected chi connectivity index (χ3v) is 2.99. The van der Waals surface area contributed by atoms with Crippen molar-refractivity contribution in [2.75, 3.05) is 24.2 Å². The van der Waals surface area contributed by atoms with E-state index in [1.165, 1.54) is 0 Å². The fourth-order valence-electron chi connectivity index (χ4n) is 1.88. The molecular formula is C16H25N3O2. The first kappa shape index (κ1) is 17.2. The molecule has 5 nitrogen and oxygen atoms in total. The number of rotatable bonds is 7. The van der Waals surface area contributed by atoms with Gasteiger partial charge in [0.25, 0.3) is 0 Å². The molecular weight excluding hydrogens is 266 g/mol. The molecule has 0 saturated carbocycles. The molecule has 3 N–H and O–H groups in total. The molecule has 1 unspecified atom stereocenters. The largest absolute Gasteiger partial charge is 0.326 e. The van der Waals surface area contributed by atoms with Gasteiger partial charge in [-0.2, -0.15) is 0 Å². The second-order valence-electron chi connectivity index (χ2n) is 5.67. The van der Waals surface area contributed by atoms with Crippen LogP contribution in [0.15, 0.2) is 24.3 Å². The summed E-state index contributed by atoms with van der Waals surface area (Å²) in [7, 11) is 1.82. The monoisotopic (exact) mass is 291 g/mol. The molecule has 0 fully saturated rings. The fourth-order valence-corrected chi connectivity index (χ4v) is 1.88. The van der Waals surface area contributed by atoms with E-state index in [2.05, 4.69) is 16.0 Å². The van der Waals surface area contributed by atoms with Crippen LogP contribution in [0.5, 0.6) is 0 Å². The van der Waals surface area contributed by atoms with Gasteiger partial charge in [-0.15, -0.1) is 0 Å². The predicted octanol–water partition coefficient (Wildman–Crippen LogP) is 2.47. The highest BCUT2D eigenvalue weighted by molar-refractivity contribution is 5.93. The van der Waals surface area contributed by atoms with Gasteiger partial charge < -0.3 is 16.0 Å². The molecule has 116 valence electrons. The van der Waals surface area contributed by atoms with Gasteiger partial charge in [0.1, 0.15) is 0 Å². The number of amides is 2. The van der Waals surface area contributed by atoms with Gasteiger partial charge in [-0.25, -0.2) is 0 Å². The second kappa shape index (κ2) is 8.42. The Morgan fingerprint density at radius 3 is 2.00 bits per heavy atom. The van der Waals surface area contributed by atoms with Crippen molar-refractivity contribution in [2.45, 2.75) is 27.2 Å². The fraction of sp³-hybridized carbons (Fsp3) is 0.500. The summed E-state index contributed by atoms with van der Waals surface area (Å²) < 4.78 is 0. The molecule has 0 spiro atoms. The standard InChI is InChI=1S/C16H25N3O2/c1-11(2)9-15(20)18-13-5-7-14(8-6-13)19-16(21)12(3)10-17-4/h5-8,11-12,17H,9-10H2,1-4H3,(H,18,20)(H,19,21). The van der Waals surface area contributed by atoms with Crippen molar-refractivity contribution < 1.29 is 9.59 Å². The summed E-state index contributed by atoms with van der Waals surface area (Å²) in [5.41, 5.74) is 1.46. The molecule has 1 aromatic rings. The zero-order valence-electron chi connectivity index (χ0n) is 13.2. The van der Waals surface area contributed by atoms with Gasteiger partial charge in [0, 0.05) is 30.3 Å². The molecule has 0 radical (unpaired) electrons. The quantitative estimate of drug-likeness (QED) is 0.723. The molecule has 1 atom stereocenters. The Morgan fingerprint density at radius 1 is 1.00 bits per heavy atom. The van der Waals surface area contributed by atoms with Gasteiger partial charge in [-0.3, -0.25) is 9.59 Å². The highest BCUT2D eigenvalue weighted by atomic mass is 16.2. The Labute approximate surface area is 126 Å². The van der Waals surface area contributed by atoms with E-state index < -0.39 is 0 Å². The molecule has 0 aromatic heterocycles. The minimum atomic E-state index is -0.0968. The van der Waals surface area contributed by atoms with E-state index in [4.69, 9.17) is 0 Å². The van der Waals surface area contributed by atoms with Crippen molar-refractivity contribution in [1.82, 2.24) is 5.32 Å². The topological polar surface area (TPSA) is 70.2 Å². The molecule has 2 amide bonds. The van der Waals surface area contributed by atoms with E-state index in [0.717, 1.165) is 11.4 Å². The highest BCUT2D eigenvalue weighted by Crippen LogP contribution is 2.15. The van der Waals surface area contributed by atoms with Gasteiger partial charge in [0.2, 0.25) is 11.8 Å². The summed E-state index contributed by atoms with van der Waals surface area (Å²) in [4.78, 5) is 23.5. The maximum absolute atomic E-state index is 11.9.